The Balaban J connectivity index is 1.40. The van der Waals surface area contributed by atoms with Crippen LogP contribution in [0.25, 0.3) is 11.5 Å². The van der Waals surface area contributed by atoms with Crippen LogP contribution in [0.3, 0.4) is 0 Å². The first-order valence-corrected chi connectivity index (χ1v) is 11.1. The van der Waals surface area contributed by atoms with E-state index in [-0.39, 0.29) is 31.0 Å². The Morgan fingerprint density at radius 1 is 0.971 bits per heavy atom. The monoisotopic (exact) mass is 473 g/mol. The summed E-state index contributed by atoms with van der Waals surface area (Å²) in [5, 5.41) is 5.53. The molecular weight excluding hydrogens is 449 g/mol. The fourth-order valence-electron chi connectivity index (χ4n) is 3.38. The summed E-state index contributed by atoms with van der Waals surface area (Å²) in [6.45, 7) is 2.03. The molecule has 7 nitrogen and oxygen atoms in total. The van der Waals surface area contributed by atoms with Gasteiger partial charge in [-0.15, -0.1) is 0 Å². The first-order valence-electron chi connectivity index (χ1n) is 11.1. The molecule has 1 heterocycles. The van der Waals surface area contributed by atoms with Crippen LogP contribution in [0.15, 0.2) is 83.3 Å². The molecule has 35 heavy (non-hydrogen) atoms. The number of anilines is 1. The van der Waals surface area contributed by atoms with E-state index in [9.17, 15) is 14.0 Å². The highest BCUT2D eigenvalue weighted by Gasteiger charge is 2.17. The molecule has 0 aliphatic carbocycles. The van der Waals surface area contributed by atoms with Crippen molar-refractivity contribution >= 4 is 17.5 Å². The van der Waals surface area contributed by atoms with Crippen molar-refractivity contribution in [3.05, 3.63) is 102 Å². The number of hydrogen-bond donors (Lipinski definition) is 2. The average Bonchev–Trinajstić information content (AvgIpc) is 3.24. The molecule has 0 saturated heterocycles. The second kappa shape index (κ2) is 11.1. The molecule has 2 N–H and O–H groups in total. The summed E-state index contributed by atoms with van der Waals surface area (Å²) >= 11 is 0. The third-order valence-electron chi connectivity index (χ3n) is 5.20. The van der Waals surface area contributed by atoms with Crippen LogP contribution in [-0.2, 0) is 11.3 Å². The van der Waals surface area contributed by atoms with E-state index in [1.807, 2.05) is 36.4 Å². The lowest BCUT2D eigenvalue weighted by molar-refractivity contribution is -0.116. The Morgan fingerprint density at radius 2 is 1.69 bits per heavy atom. The number of amides is 2. The highest BCUT2D eigenvalue weighted by molar-refractivity contribution is 5.95. The van der Waals surface area contributed by atoms with Gasteiger partial charge in [-0.3, -0.25) is 9.59 Å². The number of carbonyl (C=O) groups excluding carboxylic acids is 2. The normalized spacial score (nSPS) is 10.6. The summed E-state index contributed by atoms with van der Waals surface area (Å²) in [6, 6.07) is 22.2. The first-order chi connectivity index (χ1) is 17.0. The fourth-order valence-corrected chi connectivity index (χ4v) is 3.38. The van der Waals surface area contributed by atoms with Crippen LogP contribution in [0.4, 0.5) is 10.1 Å². The quantitative estimate of drug-likeness (QED) is 0.352. The molecule has 0 saturated carbocycles. The Kier molecular flexibility index (Phi) is 7.52. The van der Waals surface area contributed by atoms with Gasteiger partial charge < -0.3 is 19.8 Å². The summed E-state index contributed by atoms with van der Waals surface area (Å²) in [4.78, 5) is 29.3. The predicted molar refractivity (Wildman–Crippen MR) is 129 cm³/mol. The first kappa shape index (κ1) is 23.7. The van der Waals surface area contributed by atoms with Crippen LogP contribution in [-0.4, -0.2) is 23.4 Å². The van der Waals surface area contributed by atoms with Gasteiger partial charge in [0.1, 0.15) is 23.0 Å². The van der Waals surface area contributed by atoms with Crippen LogP contribution in [0.1, 0.15) is 28.2 Å². The van der Waals surface area contributed by atoms with Gasteiger partial charge in [-0.1, -0.05) is 42.5 Å². The molecule has 0 spiro atoms. The molecule has 4 aromatic rings. The van der Waals surface area contributed by atoms with Gasteiger partial charge in [0.05, 0.1) is 36.4 Å². The van der Waals surface area contributed by atoms with Gasteiger partial charge in [0, 0.05) is 0 Å². The van der Waals surface area contributed by atoms with Crippen molar-refractivity contribution < 1.29 is 23.1 Å². The molecule has 0 atom stereocenters. The number of hydrogen-bond acceptors (Lipinski definition) is 5. The minimum atomic E-state index is -0.596. The summed E-state index contributed by atoms with van der Waals surface area (Å²) in [6.07, 6.45) is 0.168. The van der Waals surface area contributed by atoms with Gasteiger partial charge in [0.15, 0.2) is 0 Å². The number of nitrogens with zero attached hydrogens (tertiary/aromatic N) is 1. The molecular formula is C27H24FN3O4. The van der Waals surface area contributed by atoms with E-state index in [0.717, 1.165) is 0 Å². The largest absolute Gasteiger partial charge is 0.493 e. The molecule has 0 unspecified atom stereocenters. The maximum Gasteiger partial charge on any atom is 0.254 e. The molecule has 0 bridgehead atoms. The summed E-state index contributed by atoms with van der Waals surface area (Å²) in [5.41, 5.74) is 1.60. The number of aromatic nitrogens is 1. The number of carbonyl (C=O) groups is 2. The van der Waals surface area contributed by atoms with Gasteiger partial charge >= 0.3 is 0 Å². The number of nitrogens with one attached hydrogen (secondary N) is 2. The predicted octanol–water partition coefficient (Wildman–Crippen LogP) is 5.13. The number of oxazole rings is 1. The van der Waals surface area contributed by atoms with E-state index in [1.54, 1.807) is 31.2 Å². The smallest absolute Gasteiger partial charge is 0.254 e. The zero-order valence-electron chi connectivity index (χ0n) is 19.1. The Labute approximate surface area is 202 Å². The van der Waals surface area contributed by atoms with Crippen molar-refractivity contribution in [2.75, 3.05) is 11.9 Å². The summed E-state index contributed by atoms with van der Waals surface area (Å²) in [7, 11) is 0. The summed E-state index contributed by atoms with van der Waals surface area (Å²) in [5.74, 6) is 0.152. The van der Waals surface area contributed by atoms with Crippen LogP contribution in [0.2, 0.25) is 0 Å². The van der Waals surface area contributed by atoms with Gasteiger partial charge in [-0.25, -0.2) is 9.37 Å². The number of benzene rings is 3. The SMILES string of the molecule is Cc1oc(-c2ccccc2NC(=O)CCOc2ccccc2)nc1CNC(=O)c1ccccc1F. The fraction of sp³-hybridized carbons (Fsp3) is 0.148. The number of aryl methyl sites for hydroxylation is 1. The Hall–Kier alpha value is -4.46. The zero-order valence-corrected chi connectivity index (χ0v) is 19.1. The molecule has 178 valence electrons. The van der Waals surface area contributed by atoms with Crippen molar-refractivity contribution in [2.45, 2.75) is 19.9 Å². The van der Waals surface area contributed by atoms with Gasteiger partial charge in [0.2, 0.25) is 11.8 Å². The molecule has 1 aromatic heterocycles. The van der Waals surface area contributed by atoms with Gasteiger partial charge in [0.25, 0.3) is 5.91 Å². The van der Waals surface area contributed by atoms with Crippen LogP contribution in [0.5, 0.6) is 5.75 Å². The number of rotatable bonds is 9. The van der Waals surface area contributed by atoms with Crippen molar-refractivity contribution in [3.8, 4) is 17.2 Å². The van der Waals surface area contributed by atoms with Gasteiger partial charge in [-0.05, 0) is 43.3 Å². The highest BCUT2D eigenvalue weighted by Crippen LogP contribution is 2.29. The molecule has 0 aliphatic rings. The molecule has 0 aliphatic heterocycles. The van der Waals surface area contributed by atoms with Crippen molar-refractivity contribution in [1.29, 1.82) is 0 Å². The topological polar surface area (TPSA) is 93.5 Å². The Bertz CT molecular complexity index is 1320. The minimum absolute atomic E-state index is 0.0434. The van der Waals surface area contributed by atoms with Crippen LogP contribution >= 0.6 is 0 Å². The van der Waals surface area contributed by atoms with Crippen molar-refractivity contribution in [1.82, 2.24) is 10.3 Å². The van der Waals surface area contributed by atoms with E-state index in [4.69, 9.17) is 9.15 Å². The highest BCUT2D eigenvalue weighted by atomic mass is 19.1. The maximum absolute atomic E-state index is 13.8. The maximum atomic E-state index is 13.8. The molecule has 0 fully saturated rings. The van der Waals surface area contributed by atoms with E-state index < -0.39 is 11.7 Å². The lowest BCUT2D eigenvalue weighted by Crippen LogP contribution is -2.24. The van der Waals surface area contributed by atoms with Crippen molar-refractivity contribution in [2.24, 2.45) is 0 Å². The van der Waals surface area contributed by atoms with Crippen molar-refractivity contribution in [3.63, 3.8) is 0 Å². The van der Waals surface area contributed by atoms with Crippen LogP contribution < -0.4 is 15.4 Å². The third-order valence-corrected chi connectivity index (χ3v) is 5.20. The third kappa shape index (κ3) is 6.11. The number of ether oxygens (including phenoxy) is 1. The van der Waals surface area contributed by atoms with Gasteiger partial charge in [-0.2, -0.15) is 0 Å². The van der Waals surface area contributed by atoms with Crippen LogP contribution in [0, 0.1) is 12.7 Å². The van der Waals surface area contributed by atoms with E-state index in [2.05, 4.69) is 15.6 Å². The molecule has 8 heteroatoms. The van der Waals surface area contributed by atoms with E-state index >= 15 is 0 Å². The molecule has 2 amide bonds. The lowest BCUT2D eigenvalue weighted by atomic mass is 10.1. The molecule has 4 rings (SSSR count). The number of para-hydroxylation sites is 2. The molecule has 0 radical (unpaired) electrons. The van der Waals surface area contributed by atoms with E-state index in [0.29, 0.717) is 34.3 Å². The Morgan fingerprint density at radius 3 is 2.49 bits per heavy atom. The minimum Gasteiger partial charge on any atom is -0.493 e. The zero-order chi connectivity index (χ0) is 24.6. The lowest BCUT2D eigenvalue weighted by Gasteiger charge is -2.10. The summed E-state index contributed by atoms with van der Waals surface area (Å²) < 4.78 is 25.2. The average molecular weight is 474 g/mol. The second-order valence-electron chi connectivity index (χ2n) is 7.69. The second-order valence-corrected chi connectivity index (χ2v) is 7.69. The molecule has 3 aromatic carbocycles. The van der Waals surface area contributed by atoms with E-state index in [1.165, 1.54) is 18.2 Å². The number of halogens is 1. The standard InChI is InChI=1S/C27H24FN3O4/c1-18-24(17-29-26(33)20-11-5-7-13-22(20)28)31-27(35-18)21-12-6-8-14-23(21)30-25(32)15-16-34-19-9-3-2-4-10-19/h2-14H,15-17H2,1H3,(H,29,33)(H,30,32).